The third-order valence-electron chi connectivity index (χ3n) is 4.79. The molecule has 1 unspecified atom stereocenters. The highest BCUT2D eigenvalue weighted by Crippen LogP contribution is 2.23. The molecular formula is C21H43. The molecule has 0 aliphatic rings. The van der Waals surface area contributed by atoms with Gasteiger partial charge < -0.3 is 0 Å². The van der Waals surface area contributed by atoms with Gasteiger partial charge in [0, 0.05) is 0 Å². The van der Waals surface area contributed by atoms with Crippen LogP contribution in [0, 0.1) is 12.8 Å². The molecule has 0 aliphatic carbocycles. The van der Waals surface area contributed by atoms with E-state index in [1.807, 2.05) is 0 Å². The van der Waals surface area contributed by atoms with Crippen LogP contribution in [-0.4, -0.2) is 0 Å². The van der Waals surface area contributed by atoms with Gasteiger partial charge in [-0.05, 0) is 5.92 Å². The van der Waals surface area contributed by atoms with E-state index in [0.717, 1.165) is 12.3 Å². The Morgan fingerprint density at radius 1 is 0.524 bits per heavy atom. The molecule has 0 heteroatoms. The van der Waals surface area contributed by atoms with Crippen LogP contribution in [0.3, 0.4) is 0 Å². The Bertz CT molecular complexity index is 173. The maximum Gasteiger partial charge on any atom is -0.0414 e. The van der Waals surface area contributed by atoms with Crippen LogP contribution in [0.1, 0.15) is 123 Å². The zero-order chi connectivity index (χ0) is 15.6. The van der Waals surface area contributed by atoms with Crippen LogP contribution in [0.5, 0.6) is 0 Å². The van der Waals surface area contributed by atoms with Gasteiger partial charge in [0.15, 0.2) is 0 Å². The lowest BCUT2D eigenvalue weighted by molar-refractivity contribution is 0.375. The maximum atomic E-state index is 4.01. The first-order chi connectivity index (χ1) is 10.3. The number of hydrogen-bond donors (Lipinski definition) is 0. The van der Waals surface area contributed by atoms with E-state index >= 15 is 0 Å². The molecule has 21 heavy (non-hydrogen) atoms. The molecule has 0 amide bonds. The second-order valence-corrected chi connectivity index (χ2v) is 6.97. The minimum atomic E-state index is 1.00. The predicted octanol–water partition coefficient (Wildman–Crippen LogP) is 8.11. The van der Waals surface area contributed by atoms with Crippen molar-refractivity contribution in [1.29, 1.82) is 0 Å². The molecule has 0 aliphatic heterocycles. The molecule has 0 rings (SSSR count). The van der Waals surface area contributed by atoms with E-state index in [0.29, 0.717) is 0 Å². The highest BCUT2D eigenvalue weighted by molar-refractivity contribution is 4.61. The summed E-state index contributed by atoms with van der Waals surface area (Å²) in [5.74, 6) is 1.00. The van der Waals surface area contributed by atoms with Gasteiger partial charge in [-0.25, -0.2) is 0 Å². The smallest absolute Gasteiger partial charge is 0.0414 e. The second kappa shape index (κ2) is 18.1. The van der Waals surface area contributed by atoms with Crippen molar-refractivity contribution in [2.45, 2.75) is 123 Å². The number of hydrogen-bond acceptors (Lipinski definition) is 0. The molecule has 0 nitrogen and oxygen atoms in total. The van der Waals surface area contributed by atoms with E-state index in [1.54, 1.807) is 0 Å². The van der Waals surface area contributed by atoms with Gasteiger partial charge in [0.1, 0.15) is 0 Å². The summed E-state index contributed by atoms with van der Waals surface area (Å²) in [6, 6.07) is 0. The average molecular weight is 296 g/mol. The first-order valence-corrected chi connectivity index (χ1v) is 10.1. The molecule has 0 aromatic rings. The Morgan fingerprint density at radius 3 is 1.43 bits per heavy atom. The Morgan fingerprint density at radius 2 is 0.905 bits per heavy atom. The summed E-state index contributed by atoms with van der Waals surface area (Å²) in [4.78, 5) is 0. The summed E-state index contributed by atoms with van der Waals surface area (Å²) in [5.41, 5.74) is 0. The summed E-state index contributed by atoms with van der Waals surface area (Å²) in [5, 5.41) is 0. The van der Waals surface area contributed by atoms with Crippen molar-refractivity contribution in [3.05, 3.63) is 6.92 Å². The zero-order valence-corrected chi connectivity index (χ0v) is 15.3. The van der Waals surface area contributed by atoms with Gasteiger partial charge in [0.2, 0.25) is 0 Å². The molecule has 0 aromatic heterocycles. The summed E-state index contributed by atoms with van der Waals surface area (Å²) in [6.45, 7) is 8.61. The van der Waals surface area contributed by atoms with Crippen LogP contribution in [0.2, 0.25) is 0 Å². The fourth-order valence-corrected chi connectivity index (χ4v) is 3.29. The third-order valence-corrected chi connectivity index (χ3v) is 4.79. The highest BCUT2D eigenvalue weighted by Gasteiger charge is 2.07. The minimum absolute atomic E-state index is 1.00. The molecule has 0 heterocycles. The molecule has 127 valence electrons. The molecule has 1 atom stereocenters. The van der Waals surface area contributed by atoms with E-state index in [9.17, 15) is 0 Å². The van der Waals surface area contributed by atoms with Crippen molar-refractivity contribution >= 4 is 0 Å². The first-order valence-electron chi connectivity index (χ1n) is 10.1. The Labute approximate surface area is 136 Å². The van der Waals surface area contributed by atoms with Crippen LogP contribution in [0.15, 0.2) is 0 Å². The fourth-order valence-electron chi connectivity index (χ4n) is 3.29. The van der Waals surface area contributed by atoms with E-state index in [-0.39, 0.29) is 0 Å². The van der Waals surface area contributed by atoms with E-state index < -0.39 is 0 Å². The predicted molar refractivity (Wildman–Crippen MR) is 98.7 cm³/mol. The molecular weight excluding hydrogens is 252 g/mol. The van der Waals surface area contributed by atoms with Crippen LogP contribution >= 0.6 is 0 Å². The van der Waals surface area contributed by atoms with Crippen molar-refractivity contribution in [3.8, 4) is 0 Å². The number of unbranched alkanes of at least 4 members (excludes halogenated alkanes) is 11. The number of rotatable bonds is 17. The summed E-state index contributed by atoms with van der Waals surface area (Å²) in [7, 11) is 0. The molecule has 0 N–H and O–H groups in total. The van der Waals surface area contributed by atoms with Crippen LogP contribution in [0.25, 0.3) is 0 Å². The van der Waals surface area contributed by atoms with Crippen molar-refractivity contribution in [2.24, 2.45) is 5.92 Å². The van der Waals surface area contributed by atoms with Crippen LogP contribution in [0.4, 0.5) is 0 Å². The molecule has 0 saturated carbocycles. The summed E-state index contributed by atoms with van der Waals surface area (Å²) >= 11 is 0. The van der Waals surface area contributed by atoms with Gasteiger partial charge in [-0.2, -0.15) is 0 Å². The SMILES string of the molecule is [CH2]CCCC(CCCCC)CCCCCCCCCCC. The topological polar surface area (TPSA) is 0 Å². The van der Waals surface area contributed by atoms with Gasteiger partial charge in [-0.1, -0.05) is 130 Å². The minimum Gasteiger partial charge on any atom is -0.0654 e. The van der Waals surface area contributed by atoms with Gasteiger partial charge in [-0.3, -0.25) is 0 Å². The molecule has 0 aromatic carbocycles. The quantitative estimate of drug-likeness (QED) is 0.238. The third kappa shape index (κ3) is 16.2. The molecule has 1 radical (unpaired) electrons. The van der Waals surface area contributed by atoms with Crippen molar-refractivity contribution in [3.63, 3.8) is 0 Å². The maximum absolute atomic E-state index is 4.01. The van der Waals surface area contributed by atoms with Crippen molar-refractivity contribution in [1.82, 2.24) is 0 Å². The normalized spacial score (nSPS) is 12.7. The second-order valence-electron chi connectivity index (χ2n) is 6.97. The Kier molecular flexibility index (Phi) is 18.1. The highest BCUT2D eigenvalue weighted by atomic mass is 14.1. The van der Waals surface area contributed by atoms with E-state index in [4.69, 9.17) is 0 Å². The molecule has 0 bridgehead atoms. The Balaban J connectivity index is 3.44. The molecule has 0 fully saturated rings. The van der Waals surface area contributed by atoms with Gasteiger partial charge in [0.25, 0.3) is 0 Å². The summed E-state index contributed by atoms with van der Waals surface area (Å²) < 4.78 is 0. The van der Waals surface area contributed by atoms with Crippen LogP contribution in [-0.2, 0) is 0 Å². The first kappa shape index (κ1) is 21.0. The van der Waals surface area contributed by atoms with Gasteiger partial charge in [-0.15, -0.1) is 0 Å². The average Bonchev–Trinajstić information content (AvgIpc) is 2.50. The van der Waals surface area contributed by atoms with Crippen LogP contribution < -0.4 is 0 Å². The summed E-state index contributed by atoms with van der Waals surface area (Å²) in [6.07, 6.45) is 24.2. The van der Waals surface area contributed by atoms with Gasteiger partial charge >= 0.3 is 0 Å². The van der Waals surface area contributed by atoms with E-state index in [1.165, 1.54) is 103 Å². The van der Waals surface area contributed by atoms with Crippen molar-refractivity contribution in [2.75, 3.05) is 0 Å². The van der Waals surface area contributed by atoms with Crippen molar-refractivity contribution < 1.29 is 0 Å². The monoisotopic (exact) mass is 295 g/mol. The largest absolute Gasteiger partial charge is 0.0654 e. The fraction of sp³-hybridized carbons (Fsp3) is 0.952. The zero-order valence-electron chi connectivity index (χ0n) is 15.3. The lowest BCUT2D eigenvalue weighted by Crippen LogP contribution is -2.01. The Hall–Kier alpha value is 0. The molecule has 0 spiro atoms. The van der Waals surface area contributed by atoms with Gasteiger partial charge in [0.05, 0.1) is 0 Å². The standard InChI is InChI=1S/C21H43/c1-4-7-10-11-12-13-14-15-17-20-21(18-9-6-3)19-16-8-5-2/h21H,3-20H2,1-2H3. The lowest BCUT2D eigenvalue weighted by atomic mass is 9.90. The van der Waals surface area contributed by atoms with E-state index in [2.05, 4.69) is 20.8 Å². The molecule has 0 saturated heterocycles. The lowest BCUT2D eigenvalue weighted by Gasteiger charge is -2.16.